The molecule has 0 spiro atoms. The molecule has 0 fully saturated rings. The SMILES string of the molecule is CC=C(C)Oc1ccc(F)cc1Br. The summed E-state index contributed by atoms with van der Waals surface area (Å²) in [6, 6.07) is 4.33. The molecule has 1 aromatic rings. The monoisotopic (exact) mass is 244 g/mol. The average Bonchev–Trinajstić information content (AvgIpc) is 2.09. The van der Waals surface area contributed by atoms with E-state index in [-0.39, 0.29) is 5.82 Å². The lowest BCUT2D eigenvalue weighted by Crippen LogP contribution is -1.91. The Morgan fingerprint density at radius 2 is 2.23 bits per heavy atom. The molecule has 1 rings (SSSR count). The fraction of sp³-hybridized carbons (Fsp3) is 0.200. The predicted octanol–water partition coefficient (Wildman–Crippen LogP) is 3.89. The maximum absolute atomic E-state index is 12.7. The summed E-state index contributed by atoms with van der Waals surface area (Å²) in [4.78, 5) is 0. The Morgan fingerprint density at radius 1 is 1.54 bits per heavy atom. The Morgan fingerprint density at radius 3 is 2.77 bits per heavy atom. The van der Waals surface area contributed by atoms with Crippen molar-refractivity contribution in [3.05, 3.63) is 40.3 Å². The summed E-state index contributed by atoms with van der Waals surface area (Å²) in [7, 11) is 0. The van der Waals surface area contributed by atoms with Crippen LogP contribution in [0.1, 0.15) is 13.8 Å². The highest BCUT2D eigenvalue weighted by Gasteiger charge is 2.02. The average molecular weight is 245 g/mol. The fourth-order valence-electron chi connectivity index (χ4n) is 0.790. The second-order valence-electron chi connectivity index (χ2n) is 2.58. The van der Waals surface area contributed by atoms with Crippen LogP contribution in [0.2, 0.25) is 0 Å². The molecule has 0 aliphatic rings. The molecule has 0 N–H and O–H groups in total. The summed E-state index contributed by atoms with van der Waals surface area (Å²) >= 11 is 3.21. The standard InChI is InChI=1S/C10H10BrFO/c1-3-7(2)13-10-5-4-8(12)6-9(10)11/h3-6H,1-2H3. The largest absolute Gasteiger partial charge is 0.461 e. The lowest BCUT2D eigenvalue weighted by atomic mass is 10.3. The van der Waals surface area contributed by atoms with Gasteiger partial charge in [-0.3, -0.25) is 0 Å². The molecule has 0 aromatic heterocycles. The molecule has 0 unspecified atom stereocenters. The van der Waals surface area contributed by atoms with Crippen molar-refractivity contribution in [3.8, 4) is 5.75 Å². The van der Waals surface area contributed by atoms with Gasteiger partial charge in [0.2, 0.25) is 0 Å². The van der Waals surface area contributed by atoms with Crippen LogP contribution in [-0.4, -0.2) is 0 Å². The highest BCUT2D eigenvalue weighted by atomic mass is 79.9. The van der Waals surface area contributed by atoms with Gasteiger partial charge >= 0.3 is 0 Å². The zero-order valence-electron chi connectivity index (χ0n) is 7.47. The summed E-state index contributed by atoms with van der Waals surface area (Å²) < 4.78 is 18.7. The van der Waals surface area contributed by atoms with E-state index < -0.39 is 0 Å². The van der Waals surface area contributed by atoms with Gasteiger partial charge < -0.3 is 4.74 Å². The minimum Gasteiger partial charge on any atom is -0.461 e. The van der Waals surface area contributed by atoms with E-state index in [1.165, 1.54) is 12.1 Å². The van der Waals surface area contributed by atoms with Crippen LogP contribution >= 0.6 is 15.9 Å². The second-order valence-corrected chi connectivity index (χ2v) is 3.43. The number of halogens is 2. The van der Waals surface area contributed by atoms with Crippen LogP contribution in [0.3, 0.4) is 0 Å². The Bertz CT molecular complexity index is 334. The lowest BCUT2D eigenvalue weighted by Gasteiger charge is -2.06. The molecule has 0 aliphatic carbocycles. The van der Waals surface area contributed by atoms with Gasteiger partial charge in [-0.15, -0.1) is 0 Å². The highest BCUT2D eigenvalue weighted by molar-refractivity contribution is 9.10. The van der Waals surface area contributed by atoms with Gasteiger partial charge in [0.15, 0.2) is 0 Å². The Kier molecular flexibility index (Phi) is 3.48. The van der Waals surface area contributed by atoms with Crippen LogP contribution in [0.15, 0.2) is 34.5 Å². The summed E-state index contributed by atoms with van der Waals surface area (Å²) in [6.45, 7) is 3.72. The van der Waals surface area contributed by atoms with E-state index in [9.17, 15) is 4.39 Å². The summed E-state index contributed by atoms with van der Waals surface area (Å²) in [5.74, 6) is 1.13. The van der Waals surface area contributed by atoms with Crippen molar-refractivity contribution in [1.82, 2.24) is 0 Å². The number of hydrogen-bond donors (Lipinski definition) is 0. The van der Waals surface area contributed by atoms with E-state index in [4.69, 9.17) is 4.74 Å². The van der Waals surface area contributed by atoms with Crippen LogP contribution in [0.25, 0.3) is 0 Å². The molecule has 0 saturated heterocycles. The van der Waals surface area contributed by atoms with Crippen molar-refractivity contribution < 1.29 is 9.13 Å². The first-order chi connectivity index (χ1) is 6.13. The van der Waals surface area contributed by atoms with Gasteiger partial charge in [-0.25, -0.2) is 4.39 Å². The summed E-state index contributed by atoms with van der Waals surface area (Å²) in [5.41, 5.74) is 0. The molecule has 0 atom stereocenters. The van der Waals surface area contributed by atoms with E-state index in [2.05, 4.69) is 15.9 Å². The van der Waals surface area contributed by atoms with Gasteiger partial charge in [-0.2, -0.15) is 0 Å². The summed E-state index contributed by atoms with van der Waals surface area (Å²) in [6.07, 6.45) is 1.84. The van der Waals surface area contributed by atoms with E-state index in [1.54, 1.807) is 6.07 Å². The molecule has 1 aromatic carbocycles. The minimum atomic E-state index is -0.280. The molecular weight excluding hydrogens is 235 g/mol. The third-order valence-electron chi connectivity index (χ3n) is 1.57. The molecule has 1 nitrogen and oxygen atoms in total. The number of allylic oxidation sites excluding steroid dienone is 2. The van der Waals surface area contributed by atoms with Gasteiger partial charge in [0.1, 0.15) is 11.6 Å². The van der Waals surface area contributed by atoms with E-state index in [1.807, 2.05) is 19.9 Å². The molecule has 70 valence electrons. The van der Waals surface area contributed by atoms with Gasteiger partial charge in [0.25, 0.3) is 0 Å². The molecule has 0 saturated carbocycles. The predicted molar refractivity (Wildman–Crippen MR) is 54.2 cm³/mol. The van der Waals surface area contributed by atoms with Crippen molar-refractivity contribution in [1.29, 1.82) is 0 Å². The normalized spacial score (nSPS) is 11.5. The molecule has 3 heteroatoms. The van der Waals surface area contributed by atoms with Gasteiger partial charge in [-0.1, -0.05) is 0 Å². The van der Waals surface area contributed by atoms with Gasteiger partial charge in [0.05, 0.1) is 10.2 Å². The van der Waals surface area contributed by atoms with Crippen LogP contribution in [0, 0.1) is 5.82 Å². The van der Waals surface area contributed by atoms with Crippen molar-refractivity contribution in [3.63, 3.8) is 0 Å². The Balaban J connectivity index is 2.90. The van der Waals surface area contributed by atoms with E-state index in [0.29, 0.717) is 10.2 Å². The van der Waals surface area contributed by atoms with Crippen molar-refractivity contribution in [2.45, 2.75) is 13.8 Å². The summed E-state index contributed by atoms with van der Waals surface area (Å²) in [5, 5.41) is 0. The van der Waals surface area contributed by atoms with Gasteiger partial charge in [-0.05, 0) is 54.1 Å². The lowest BCUT2D eigenvalue weighted by molar-refractivity contribution is 0.423. The van der Waals surface area contributed by atoms with Crippen molar-refractivity contribution in [2.75, 3.05) is 0 Å². The minimum absolute atomic E-state index is 0.280. The molecule has 0 bridgehead atoms. The molecular formula is C10H10BrFO. The van der Waals surface area contributed by atoms with Crippen LogP contribution in [-0.2, 0) is 0 Å². The Labute approximate surface area is 85.3 Å². The van der Waals surface area contributed by atoms with E-state index in [0.717, 1.165) is 5.76 Å². The third kappa shape index (κ3) is 2.84. The van der Waals surface area contributed by atoms with Gasteiger partial charge in [0, 0.05) is 0 Å². The number of hydrogen-bond acceptors (Lipinski definition) is 1. The van der Waals surface area contributed by atoms with Crippen molar-refractivity contribution >= 4 is 15.9 Å². The molecule has 0 heterocycles. The maximum Gasteiger partial charge on any atom is 0.141 e. The molecule has 13 heavy (non-hydrogen) atoms. The first-order valence-corrected chi connectivity index (χ1v) is 4.68. The number of rotatable bonds is 2. The van der Waals surface area contributed by atoms with Crippen LogP contribution < -0.4 is 4.74 Å². The molecule has 0 amide bonds. The smallest absolute Gasteiger partial charge is 0.141 e. The molecule has 0 aliphatic heterocycles. The zero-order valence-corrected chi connectivity index (χ0v) is 9.06. The quantitative estimate of drug-likeness (QED) is 0.718. The first-order valence-electron chi connectivity index (χ1n) is 3.89. The van der Waals surface area contributed by atoms with Crippen LogP contribution in [0.5, 0.6) is 5.75 Å². The molecule has 0 radical (unpaired) electrons. The second kappa shape index (κ2) is 4.42. The zero-order chi connectivity index (χ0) is 9.84. The highest BCUT2D eigenvalue weighted by Crippen LogP contribution is 2.26. The third-order valence-corrected chi connectivity index (χ3v) is 2.19. The fourth-order valence-corrected chi connectivity index (χ4v) is 1.22. The first kappa shape index (κ1) is 10.3. The van der Waals surface area contributed by atoms with Crippen molar-refractivity contribution in [2.24, 2.45) is 0 Å². The topological polar surface area (TPSA) is 9.23 Å². The van der Waals surface area contributed by atoms with E-state index >= 15 is 0 Å². The number of ether oxygens (including phenoxy) is 1. The van der Waals surface area contributed by atoms with Crippen LogP contribution in [0.4, 0.5) is 4.39 Å². The maximum atomic E-state index is 12.7. The number of benzene rings is 1. The Hall–Kier alpha value is -0.830.